The van der Waals surface area contributed by atoms with Gasteiger partial charge in [-0.05, 0) is 25.0 Å². The standard InChI is InChI=1S/C13H15N3O2/c17-13(18)7-4-10-8-14-12-6-5-11(15-16(10)12)9-2-1-3-9/h5-6,8-9H,1-4,7H2,(H,17,18). The second kappa shape index (κ2) is 4.40. The topological polar surface area (TPSA) is 67.5 Å². The third-order valence-corrected chi connectivity index (χ3v) is 3.57. The van der Waals surface area contributed by atoms with Gasteiger partial charge in [0.25, 0.3) is 0 Å². The Labute approximate surface area is 104 Å². The van der Waals surface area contributed by atoms with E-state index in [4.69, 9.17) is 5.11 Å². The Morgan fingerprint density at radius 3 is 2.94 bits per heavy atom. The second-order valence-electron chi connectivity index (χ2n) is 4.80. The molecule has 1 aliphatic carbocycles. The lowest BCUT2D eigenvalue weighted by Gasteiger charge is -2.24. The molecule has 0 amide bonds. The lowest BCUT2D eigenvalue weighted by atomic mass is 9.83. The summed E-state index contributed by atoms with van der Waals surface area (Å²) in [4.78, 5) is 14.9. The molecule has 0 unspecified atom stereocenters. The lowest BCUT2D eigenvalue weighted by Crippen LogP contribution is -2.13. The van der Waals surface area contributed by atoms with Gasteiger partial charge < -0.3 is 5.11 Å². The summed E-state index contributed by atoms with van der Waals surface area (Å²) in [5, 5.41) is 13.3. The lowest BCUT2D eigenvalue weighted by molar-refractivity contribution is -0.136. The zero-order chi connectivity index (χ0) is 12.5. The molecule has 0 spiro atoms. The maximum atomic E-state index is 10.6. The van der Waals surface area contributed by atoms with E-state index in [1.807, 2.05) is 12.1 Å². The molecule has 1 N–H and O–H groups in total. The number of nitrogens with zero attached hydrogens (tertiary/aromatic N) is 3. The number of fused-ring (bicyclic) bond motifs is 1. The van der Waals surface area contributed by atoms with Gasteiger partial charge in [0.05, 0.1) is 24.0 Å². The Kier molecular flexibility index (Phi) is 2.74. The first kappa shape index (κ1) is 11.2. The Balaban J connectivity index is 1.91. The molecule has 1 aliphatic rings. The van der Waals surface area contributed by atoms with E-state index < -0.39 is 5.97 Å². The van der Waals surface area contributed by atoms with Crippen LogP contribution in [0.3, 0.4) is 0 Å². The van der Waals surface area contributed by atoms with Crippen molar-refractivity contribution in [2.45, 2.75) is 38.0 Å². The minimum absolute atomic E-state index is 0.114. The highest BCUT2D eigenvalue weighted by Crippen LogP contribution is 2.35. The third kappa shape index (κ3) is 1.96. The fourth-order valence-corrected chi connectivity index (χ4v) is 2.26. The summed E-state index contributed by atoms with van der Waals surface area (Å²) < 4.78 is 1.79. The minimum atomic E-state index is -0.792. The zero-order valence-electron chi connectivity index (χ0n) is 10.0. The van der Waals surface area contributed by atoms with Crippen LogP contribution in [0.1, 0.15) is 43.0 Å². The van der Waals surface area contributed by atoms with E-state index >= 15 is 0 Å². The molecule has 1 saturated carbocycles. The van der Waals surface area contributed by atoms with E-state index in [1.54, 1.807) is 10.7 Å². The van der Waals surface area contributed by atoms with Gasteiger partial charge in [-0.25, -0.2) is 9.50 Å². The van der Waals surface area contributed by atoms with Crippen molar-refractivity contribution in [3.8, 4) is 0 Å². The van der Waals surface area contributed by atoms with Crippen LogP contribution >= 0.6 is 0 Å². The van der Waals surface area contributed by atoms with Crippen LogP contribution in [0.25, 0.3) is 5.65 Å². The summed E-state index contributed by atoms with van der Waals surface area (Å²) in [5.74, 6) is -0.218. The molecule has 0 saturated heterocycles. The van der Waals surface area contributed by atoms with Crippen molar-refractivity contribution in [2.24, 2.45) is 0 Å². The number of carboxylic acid groups (broad SMARTS) is 1. The average Bonchev–Trinajstić information content (AvgIpc) is 2.66. The van der Waals surface area contributed by atoms with Crippen molar-refractivity contribution in [2.75, 3.05) is 0 Å². The van der Waals surface area contributed by atoms with Crippen LogP contribution in [0.15, 0.2) is 18.3 Å². The van der Waals surface area contributed by atoms with E-state index in [-0.39, 0.29) is 6.42 Å². The van der Waals surface area contributed by atoms with Crippen LogP contribution in [0.5, 0.6) is 0 Å². The van der Waals surface area contributed by atoms with Crippen molar-refractivity contribution in [1.82, 2.24) is 14.6 Å². The SMILES string of the molecule is O=C(O)CCc1cnc2ccc(C3CCC3)nn12. The minimum Gasteiger partial charge on any atom is -0.481 e. The smallest absolute Gasteiger partial charge is 0.303 e. The summed E-state index contributed by atoms with van der Waals surface area (Å²) >= 11 is 0. The van der Waals surface area contributed by atoms with Crippen molar-refractivity contribution in [3.63, 3.8) is 0 Å². The second-order valence-corrected chi connectivity index (χ2v) is 4.80. The van der Waals surface area contributed by atoms with Gasteiger partial charge >= 0.3 is 5.97 Å². The van der Waals surface area contributed by atoms with Gasteiger partial charge in [0.15, 0.2) is 5.65 Å². The van der Waals surface area contributed by atoms with Crippen LogP contribution in [-0.2, 0) is 11.2 Å². The Morgan fingerprint density at radius 2 is 2.28 bits per heavy atom. The molecule has 2 aromatic heterocycles. The summed E-state index contributed by atoms with van der Waals surface area (Å²) in [6.45, 7) is 0. The number of hydrogen-bond acceptors (Lipinski definition) is 3. The molecule has 2 heterocycles. The molecule has 0 bridgehead atoms. The highest BCUT2D eigenvalue weighted by atomic mass is 16.4. The monoisotopic (exact) mass is 245 g/mol. The molecule has 94 valence electrons. The average molecular weight is 245 g/mol. The van der Waals surface area contributed by atoms with E-state index in [1.165, 1.54) is 19.3 Å². The van der Waals surface area contributed by atoms with Crippen LogP contribution in [0.2, 0.25) is 0 Å². The first-order valence-electron chi connectivity index (χ1n) is 6.29. The fourth-order valence-electron chi connectivity index (χ4n) is 2.26. The molecule has 0 radical (unpaired) electrons. The molecule has 3 rings (SSSR count). The van der Waals surface area contributed by atoms with Crippen LogP contribution in [0, 0.1) is 0 Å². The van der Waals surface area contributed by atoms with Gasteiger partial charge in [-0.2, -0.15) is 5.10 Å². The largest absolute Gasteiger partial charge is 0.481 e. The highest BCUT2D eigenvalue weighted by Gasteiger charge is 2.21. The molecule has 18 heavy (non-hydrogen) atoms. The quantitative estimate of drug-likeness (QED) is 0.894. The van der Waals surface area contributed by atoms with Crippen molar-refractivity contribution in [1.29, 1.82) is 0 Å². The van der Waals surface area contributed by atoms with Gasteiger partial charge in [0.1, 0.15) is 0 Å². The van der Waals surface area contributed by atoms with Crippen LogP contribution in [0.4, 0.5) is 0 Å². The van der Waals surface area contributed by atoms with Crippen molar-refractivity contribution >= 4 is 11.6 Å². The predicted octanol–water partition coefficient (Wildman–Crippen LogP) is 2.01. The summed E-state index contributed by atoms with van der Waals surface area (Å²) in [5.41, 5.74) is 2.76. The number of hydrogen-bond donors (Lipinski definition) is 1. The van der Waals surface area contributed by atoms with Gasteiger partial charge in [-0.3, -0.25) is 4.79 Å². The number of imidazole rings is 1. The Bertz CT molecular complexity index is 587. The maximum absolute atomic E-state index is 10.6. The predicted molar refractivity (Wildman–Crippen MR) is 65.5 cm³/mol. The van der Waals surface area contributed by atoms with E-state index in [0.29, 0.717) is 12.3 Å². The number of carboxylic acids is 1. The number of aryl methyl sites for hydroxylation is 1. The molecular formula is C13H15N3O2. The molecule has 5 heteroatoms. The number of aliphatic carboxylic acids is 1. The van der Waals surface area contributed by atoms with Gasteiger partial charge in [-0.1, -0.05) is 6.42 Å². The fraction of sp³-hybridized carbons (Fsp3) is 0.462. The van der Waals surface area contributed by atoms with E-state index in [2.05, 4.69) is 10.1 Å². The van der Waals surface area contributed by atoms with E-state index in [0.717, 1.165) is 17.0 Å². The van der Waals surface area contributed by atoms with Gasteiger partial charge in [0, 0.05) is 12.3 Å². The summed E-state index contributed by atoms with van der Waals surface area (Å²) in [6, 6.07) is 4.00. The molecule has 0 aliphatic heterocycles. The number of aromatic nitrogens is 3. The highest BCUT2D eigenvalue weighted by molar-refractivity contribution is 5.67. The first-order chi connectivity index (χ1) is 8.74. The first-order valence-corrected chi connectivity index (χ1v) is 6.29. The zero-order valence-corrected chi connectivity index (χ0v) is 10.0. The summed E-state index contributed by atoms with van der Waals surface area (Å²) in [6.07, 6.45) is 5.99. The molecule has 2 aromatic rings. The van der Waals surface area contributed by atoms with Crippen LogP contribution < -0.4 is 0 Å². The molecule has 5 nitrogen and oxygen atoms in total. The molecule has 0 atom stereocenters. The molecular weight excluding hydrogens is 230 g/mol. The van der Waals surface area contributed by atoms with Crippen molar-refractivity contribution < 1.29 is 9.90 Å². The summed E-state index contributed by atoms with van der Waals surface area (Å²) in [7, 11) is 0. The number of rotatable bonds is 4. The number of carbonyl (C=O) groups is 1. The normalized spacial score (nSPS) is 15.8. The van der Waals surface area contributed by atoms with Gasteiger partial charge in [0.2, 0.25) is 0 Å². The van der Waals surface area contributed by atoms with E-state index in [9.17, 15) is 4.79 Å². The maximum Gasteiger partial charge on any atom is 0.303 e. The molecule has 0 aromatic carbocycles. The van der Waals surface area contributed by atoms with Gasteiger partial charge in [-0.15, -0.1) is 0 Å². The third-order valence-electron chi connectivity index (χ3n) is 3.57. The van der Waals surface area contributed by atoms with Crippen LogP contribution in [-0.4, -0.2) is 25.7 Å². The Morgan fingerprint density at radius 1 is 1.44 bits per heavy atom. The Hall–Kier alpha value is -1.91. The molecule has 1 fully saturated rings. The van der Waals surface area contributed by atoms with Crippen molar-refractivity contribution in [3.05, 3.63) is 29.7 Å².